The van der Waals surface area contributed by atoms with Gasteiger partial charge in [0.15, 0.2) is 0 Å². The molecule has 150 valence electrons. The molecule has 7 nitrogen and oxygen atoms in total. The molecule has 7 heteroatoms. The average Bonchev–Trinajstić information content (AvgIpc) is 3.44. The topological polar surface area (TPSA) is 75.4 Å². The predicted molar refractivity (Wildman–Crippen MR) is 112 cm³/mol. The lowest BCUT2D eigenvalue weighted by atomic mass is 9.83. The number of carbonyl (C=O) groups excluding carboxylic acids is 1. The third-order valence-electron chi connectivity index (χ3n) is 6.43. The highest BCUT2D eigenvalue weighted by Crippen LogP contribution is 2.36. The Kier molecular flexibility index (Phi) is 3.71. The normalized spacial score (nSPS) is 20.3. The molecule has 2 atom stereocenters. The first-order valence-electron chi connectivity index (χ1n) is 10.3. The minimum absolute atomic E-state index is 0.00508. The van der Waals surface area contributed by atoms with Gasteiger partial charge in [0.1, 0.15) is 11.5 Å². The molecule has 6 heterocycles. The van der Waals surface area contributed by atoms with Crippen LogP contribution in [0.1, 0.15) is 28.5 Å². The summed E-state index contributed by atoms with van der Waals surface area (Å²) in [6.45, 7) is 1.94. The number of nitrogens with zero attached hydrogens (tertiary/aromatic N) is 4. The van der Waals surface area contributed by atoms with Crippen LogP contribution in [0.4, 0.5) is 0 Å². The Morgan fingerprint density at radius 3 is 2.87 bits per heavy atom. The van der Waals surface area contributed by atoms with E-state index in [0.717, 1.165) is 17.6 Å². The van der Waals surface area contributed by atoms with E-state index in [-0.39, 0.29) is 23.3 Å². The molecule has 0 radical (unpaired) electrons. The summed E-state index contributed by atoms with van der Waals surface area (Å²) >= 11 is 0. The number of H-pyrrole nitrogens is 1. The highest BCUT2D eigenvalue weighted by atomic mass is 16.2. The number of fused-ring (bicyclic) bond motifs is 5. The van der Waals surface area contributed by atoms with E-state index in [0.29, 0.717) is 36.7 Å². The molecule has 2 bridgehead atoms. The second-order valence-electron chi connectivity index (χ2n) is 8.25. The minimum atomic E-state index is -0.00508. The van der Waals surface area contributed by atoms with Crippen LogP contribution in [-0.2, 0) is 6.54 Å². The van der Waals surface area contributed by atoms with Crippen LogP contribution in [0.5, 0.6) is 0 Å². The number of aromatic nitrogens is 4. The fraction of sp³-hybridized carbons (Fsp3) is 0.261. The number of nitrogens with one attached hydrogen (secondary N) is 1. The number of aromatic amines is 1. The fourth-order valence-corrected chi connectivity index (χ4v) is 5.10. The molecule has 30 heavy (non-hydrogen) atoms. The molecule has 0 spiro atoms. The Bertz CT molecular complexity index is 1320. The van der Waals surface area contributed by atoms with Crippen LogP contribution in [0.3, 0.4) is 0 Å². The van der Waals surface area contributed by atoms with E-state index in [2.05, 4.69) is 9.97 Å². The van der Waals surface area contributed by atoms with Gasteiger partial charge in [-0.1, -0.05) is 6.07 Å². The first kappa shape index (κ1) is 17.3. The zero-order valence-corrected chi connectivity index (χ0v) is 16.4. The van der Waals surface area contributed by atoms with Crippen molar-refractivity contribution in [3.8, 4) is 11.4 Å². The molecule has 4 aromatic rings. The SMILES string of the molecule is O=C(c1ccc2ccccn12)N1C[C@@H]2C[C@H](C1)c1ccc(-c3ncc[nH]3)c(=O)n1C2. The summed E-state index contributed by atoms with van der Waals surface area (Å²) in [6, 6.07) is 13.7. The maximum absolute atomic E-state index is 13.3. The summed E-state index contributed by atoms with van der Waals surface area (Å²) in [5.74, 6) is 1.10. The number of hydrogen-bond acceptors (Lipinski definition) is 3. The summed E-state index contributed by atoms with van der Waals surface area (Å²) in [7, 11) is 0. The van der Waals surface area contributed by atoms with E-state index >= 15 is 0 Å². The molecular formula is C23H21N5O2. The molecule has 6 rings (SSSR count). The van der Waals surface area contributed by atoms with Gasteiger partial charge < -0.3 is 18.9 Å². The Morgan fingerprint density at radius 2 is 2.00 bits per heavy atom. The zero-order chi connectivity index (χ0) is 20.2. The molecule has 4 aromatic heterocycles. The number of pyridine rings is 2. The number of rotatable bonds is 2. The molecule has 2 aliphatic heterocycles. The van der Waals surface area contributed by atoms with E-state index in [4.69, 9.17) is 0 Å². The second-order valence-corrected chi connectivity index (χ2v) is 8.25. The van der Waals surface area contributed by atoms with Gasteiger partial charge in [-0.05, 0) is 48.7 Å². The first-order valence-corrected chi connectivity index (χ1v) is 10.3. The van der Waals surface area contributed by atoms with Crippen LogP contribution in [-0.4, -0.2) is 42.8 Å². The lowest BCUT2D eigenvalue weighted by molar-refractivity contribution is 0.0588. The van der Waals surface area contributed by atoms with E-state index < -0.39 is 0 Å². The average molecular weight is 399 g/mol. The Balaban J connectivity index is 1.34. The van der Waals surface area contributed by atoms with Crippen molar-refractivity contribution >= 4 is 11.4 Å². The molecule has 1 saturated heterocycles. The second kappa shape index (κ2) is 6.45. The van der Waals surface area contributed by atoms with Crippen molar-refractivity contribution in [1.82, 2.24) is 23.8 Å². The van der Waals surface area contributed by atoms with Crippen LogP contribution >= 0.6 is 0 Å². The van der Waals surface area contributed by atoms with Gasteiger partial charge in [0.05, 0.1) is 5.56 Å². The van der Waals surface area contributed by atoms with Gasteiger partial charge in [-0.2, -0.15) is 0 Å². The summed E-state index contributed by atoms with van der Waals surface area (Å²) in [6.07, 6.45) is 6.32. The highest BCUT2D eigenvalue weighted by Gasteiger charge is 2.37. The highest BCUT2D eigenvalue weighted by molar-refractivity contribution is 5.94. The number of piperidine rings is 1. The Morgan fingerprint density at radius 1 is 1.07 bits per heavy atom. The van der Waals surface area contributed by atoms with Crippen molar-refractivity contribution in [2.45, 2.75) is 18.9 Å². The van der Waals surface area contributed by atoms with Gasteiger partial charge >= 0.3 is 0 Å². The number of imidazole rings is 1. The predicted octanol–water partition coefficient (Wildman–Crippen LogP) is 2.75. The van der Waals surface area contributed by atoms with Crippen molar-refractivity contribution in [1.29, 1.82) is 0 Å². The third-order valence-corrected chi connectivity index (χ3v) is 6.43. The van der Waals surface area contributed by atoms with Crippen molar-refractivity contribution < 1.29 is 4.79 Å². The maximum atomic E-state index is 13.3. The van der Waals surface area contributed by atoms with Crippen LogP contribution in [0, 0.1) is 5.92 Å². The zero-order valence-electron chi connectivity index (χ0n) is 16.4. The van der Waals surface area contributed by atoms with Gasteiger partial charge in [-0.3, -0.25) is 9.59 Å². The molecule has 1 N–H and O–H groups in total. The number of likely N-dealkylation sites (tertiary alicyclic amines) is 1. The van der Waals surface area contributed by atoms with Crippen LogP contribution in [0.15, 0.2) is 65.8 Å². The van der Waals surface area contributed by atoms with Gasteiger partial charge in [0, 0.05) is 55.4 Å². The smallest absolute Gasteiger partial charge is 0.270 e. The van der Waals surface area contributed by atoms with Crippen LogP contribution < -0.4 is 5.56 Å². The van der Waals surface area contributed by atoms with Crippen LogP contribution in [0.25, 0.3) is 16.9 Å². The third kappa shape index (κ3) is 2.55. The molecule has 0 aromatic carbocycles. The number of hydrogen-bond donors (Lipinski definition) is 1. The maximum Gasteiger partial charge on any atom is 0.270 e. The summed E-state index contributed by atoms with van der Waals surface area (Å²) < 4.78 is 3.84. The monoisotopic (exact) mass is 399 g/mol. The van der Waals surface area contributed by atoms with Crippen molar-refractivity contribution in [2.24, 2.45) is 5.92 Å². The molecule has 1 fully saturated rings. The Labute approximate surface area is 172 Å². The lowest BCUT2D eigenvalue weighted by Crippen LogP contribution is -2.49. The summed E-state index contributed by atoms with van der Waals surface area (Å²) in [5, 5.41) is 0. The van der Waals surface area contributed by atoms with E-state index in [1.54, 1.807) is 12.4 Å². The molecule has 0 saturated carbocycles. The molecule has 0 unspecified atom stereocenters. The van der Waals surface area contributed by atoms with Gasteiger partial charge in [0.2, 0.25) is 0 Å². The number of carbonyl (C=O) groups is 1. The summed E-state index contributed by atoms with van der Waals surface area (Å²) in [5.41, 5.74) is 3.31. The lowest BCUT2D eigenvalue weighted by Gasteiger charge is -2.42. The first-order chi connectivity index (χ1) is 14.7. The van der Waals surface area contributed by atoms with Crippen molar-refractivity contribution in [2.75, 3.05) is 13.1 Å². The van der Waals surface area contributed by atoms with Crippen molar-refractivity contribution in [3.63, 3.8) is 0 Å². The molecule has 2 aliphatic rings. The largest absolute Gasteiger partial charge is 0.344 e. The number of amides is 1. The molecular weight excluding hydrogens is 378 g/mol. The van der Waals surface area contributed by atoms with E-state index in [1.807, 2.05) is 62.5 Å². The Hall–Kier alpha value is -3.61. The fourth-order valence-electron chi connectivity index (χ4n) is 5.10. The van der Waals surface area contributed by atoms with Gasteiger partial charge in [-0.25, -0.2) is 4.98 Å². The quantitative estimate of drug-likeness (QED) is 0.563. The van der Waals surface area contributed by atoms with Crippen LogP contribution in [0.2, 0.25) is 0 Å². The standard InChI is InChI=1S/C23H21N5O2/c29-22-18(21-24-8-9-25-21)5-7-19-16-11-15(13-28(19)22)12-26(14-16)23(30)20-6-4-17-3-1-2-10-27(17)20/h1-10,15-16H,11-14H2,(H,24,25)/t15-,16+/m0/s1. The summed E-state index contributed by atoms with van der Waals surface area (Å²) in [4.78, 5) is 35.6. The van der Waals surface area contributed by atoms with E-state index in [1.165, 1.54) is 0 Å². The van der Waals surface area contributed by atoms with E-state index in [9.17, 15) is 9.59 Å². The van der Waals surface area contributed by atoms with Crippen molar-refractivity contribution in [3.05, 3.63) is 82.8 Å². The van der Waals surface area contributed by atoms with Gasteiger partial charge in [0.25, 0.3) is 11.5 Å². The molecule has 1 amide bonds. The molecule has 0 aliphatic carbocycles. The minimum Gasteiger partial charge on any atom is -0.344 e. The van der Waals surface area contributed by atoms with Gasteiger partial charge in [-0.15, -0.1) is 0 Å².